The van der Waals surface area contributed by atoms with Crippen LogP contribution in [0.1, 0.15) is 41.5 Å². The van der Waals surface area contributed by atoms with Gasteiger partial charge in [-0.15, -0.1) is 0 Å². The average molecular weight is 472 g/mol. The number of imide groups is 1. The van der Waals surface area contributed by atoms with Gasteiger partial charge in [-0.25, -0.2) is 0 Å². The van der Waals surface area contributed by atoms with Gasteiger partial charge in [0.15, 0.2) is 0 Å². The number of H-pyrrole nitrogens is 2. The molecule has 4 aromatic rings. The maximum absolute atomic E-state index is 13.4. The van der Waals surface area contributed by atoms with Crippen molar-refractivity contribution in [2.45, 2.75) is 38.1 Å². The Labute approximate surface area is 200 Å². The number of aliphatic hydroxyl groups excluding tert-OH is 2. The largest absolute Gasteiger partial charge is 0.394 e. The highest BCUT2D eigenvalue weighted by Crippen LogP contribution is 2.44. The first-order chi connectivity index (χ1) is 17.0. The fourth-order valence-corrected chi connectivity index (χ4v) is 5.50. The van der Waals surface area contributed by atoms with Crippen LogP contribution in [0.4, 0.5) is 0 Å². The third-order valence-corrected chi connectivity index (χ3v) is 6.96. The van der Waals surface area contributed by atoms with Gasteiger partial charge in [0.1, 0.15) is 6.10 Å². The van der Waals surface area contributed by atoms with E-state index in [1.807, 2.05) is 55.5 Å². The number of nitrogens with one attached hydrogen (secondary N) is 3. The van der Waals surface area contributed by atoms with Crippen molar-refractivity contribution in [1.29, 1.82) is 0 Å². The number of hydrogen-bond acceptors (Lipinski definition) is 5. The second kappa shape index (κ2) is 8.20. The van der Waals surface area contributed by atoms with Gasteiger partial charge in [0.25, 0.3) is 11.8 Å². The molecule has 35 heavy (non-hydrogen) atoms. The zero-order valence-corrected chi connectivity index (χ0v) is 19.1. The van der Waals surface area contributed by atoms with Crippen LogP contribution in [0, 0.1) is 6.92 Å². The van der Waals surface area contributed by atoms with Crippen molar-refractivity contribution in [2.24, 2.45) is 0 Å². The number of hydrogen-bond donors (Lipinski definition) is 5. The van der Waals surface area contributed by atoms with E-state index in [1.54, 1.807) is 0 Å². The summed E-state index contributed by atoms with van der Waals surface area (Å²) in [6, 6.07) is 15.2. The van der Waals surface area contributed by atoms with Crippen molar-refractivity contribution >= 4 is 44.8 Å². The Morgan fingerprint density at radius 2 is 1.49 bits per heavy atom. The molecule has 2 aromatic carbocycles. The highest BCUT2D eigenvalue weighted by Gasteiger charge is 2.39. The van der Waals surface area contributed by atoms with Crippen LogP contribution >= 0.6 is 0 Å². The summed E-state index contributed by atoms with van der Waals surface area (Å²) >= 11 is 0. The summed E-state index contributed by atoms with van der Waals surface area (Å²) in [6.07, 6.45) is -1.12. The smallest absolute Gasteiger partial charge is 0.259 e. The van der Waals surface area contributed by atoms with Crippen LogP contribution in [0.25, 0.3) is 33.0 Å². The molecule has 3 atom stereocenters. The number of para-hydroxylation sites is 2. The third-order valence-electron chi connectivity index (χ3n) is 6.96. The highest BCUT2D eigenvalue weighted by molar-refractivity contribution is 6.51. The molecule has 2 aliphatic heterocycles. The van der Waals surface area contributed by atoms with E-state index in [-0.39, 0.29) is 12.2 Å². The molecule has 8 nitrogen and oxygen atoms in total. The molecule has 0 aliphatic carbocycles. The molecule has 2 aliphatic rings. The Balaban J connectivity index is 1.65. The van der Waals surface area contributed by atoms with Gasteiger partial charge in [-0.2, -0.15) is 0 Å². The zero-order valence-electron chi connectivity index (χ0n) is 19.1. The topological polar surface area (TPSA) is 127 Å². The molecule has 1 saturated heterocycles. The number of amides is 2. The van der Waals surface area contributed by atoms with Gasteiger partial charge in [0.2, 0.25) is 0 Å². The van der Waals surface area contributed by atoms with E-state index in [9.17, 15) is 19.8 Å². The number of carbonyl (C=O) groups excluding carboxylic acids is 2. The third kappa shape index (κ3) is 3.41. The predicted molar refractivity (Wildman–Crippen MR) is 131 cm³/mol. The van der Waals surface area contributed by atoms with Crippen LogP contribution in [0.5, 0.6) is 0 Å². The number of rotatable bonds is 4. The average Bonchev–Trinajstić information content (AvgIpc) is 3.47. The van der Waals surface area contributed by atoms with Crippen molar-refractivity contribution in [3.8, 4) is 0 Å². The van der Waals surface area contributed by atoms with Gasteiger partial charge in [-0.1, -0.05) is 36.4 Å². The van der Waals surface area contributed by atoms with E-state index in [1.165, 1.54) is 0 Å². The van der Waals surface area contributed by atoms with Gasteiger partial charge in [-0.3, -0.25) is 14.9 Å². The first-order valence-corrected chi connectivity index (χ1v) is 11.7. The summed E-state index contributed by atoms with van der Waals surface area (Å²) in [7, 11) is 0. The van der Waals surface area contributed by atoms with Crippen molar-refractivity contribution in [3.05, 3.63) is 71.0 Å². The first-order valence-electron chi connectivity index (χ1n) is 11.7. The summed E-state index contributed by atoms with van der Waals surface area (Å²) in [5.74, 6) is -0.928. The normalized spacial score (nSPS) is 23.0. The molecule has 1 fully saturated rings. The van der Waals surface area contributed by atoms with Gasteiger partial charge < -0.3 is 24.9 Å². The number of aryl methyl sites for hydroxylation is 1. The molecular weight excluding hydrogens is 446 g/mol. The van der Waals surface area contributed by atoms with Crippen LogP contribution in [0.15, 0.2) is 48.5 Å². The van der Waals surface area contributed by atoms with Gasteiger partial charge >= 0.3 is 0 Å². The highest BCUT2D eigenvalue weighted by atomic mass is 16.5. The van der Waals surface area contributed by atoms with Crippen molar-refractivity contribution < 1.29 is 24.5 Å². The number of fused-ring (bicyclic) bond motifs is 2. The molecular formula is C27H25N3O5. The van der Waals surface area contributed by atoms with Crippen molar-refractivity contribution in [1.82, 2.24) is 15.3 Å². The van der Waals surface area contributed by atoms with Crippen LogP contribution in [0.3, 0.4) is 0 Å². The second-order valence-corrected chi connectivity index (χ2v) is 9.22. The van der Waals surface area contributed by atoms with E-state index in [2.05, 4.69) is 15.3 Å². The lowest BCUT2D eigenvalue weighted by Gasteiger charge is -2.32. The number of aromatic amines is 2. The maximum atomic E-state index is 13.4. The Bertz CT molecular complexity index is 1530. The van der Waals surface area contributed by atoms with E-state index in [0.717, 1.165) is 27.5 Å². The molecule has 4 heterocycles. The molecule has 0 saturated carbocycles. The summed E-state index contributed by atoms with van der Waals surface area (Å²) in [5, 5.41) is 24.3. The number of ether oxygens (including phenoxy) is 1. The van der Waals surface area contributed by atoms with E-state index in [0.29, 0.717) is 35.2 Å². The summed E-state index contributed by atoms with van der Waals surface area (Å²) in [5.41, 5.74) is 4.92. The second-order valence-electron chi connectivity index (χ2n) is 9.22. The Morgan fingerprint density at radius 1 is 0.886 bits per heavy atom. The van der Waals surface area contributed by atoms with E-state index in [4.69, 9.17) is 4.74 Å². The lowest BCUT2D eigenvalue weighted by molar-refractivity contribution is -0.122. The van der Waals surface area contributed by atoms with Gasteiger partial charge in [0.05, 0.1) is 35.7 Å². The lowest BCUT2D eigenvalue weighted by Crippen LogP contribution is -2.34. The Hall–Kier alpha value is -3.72. The van der Waals surface area contributed by atoms with Crippen LogP contribution in [-0.2, 0) is 14.3 Å². The maximum Gasteiger partial charge on any atom is 0.259 e. The fourth-order valence-electron chi connectivity index (χ4n) is 5.50. The van der Waals surface area contributed by atoms with Crippen LogP contribution in [0.2, 0.25) is 0 Å². The molecule has 2 aromatic heterocycles. The predicted octanol–water partition coefficient (Wildman–Crippen LogP) is 3.10. The van der Waals surface area contributed by atoms with Crippen LogP contribution < -0.4 is 5.32 Å². The molecule has 5 N–H and O–H groups in total. The number of carbonyl (C=O) groups is 2. The minimum atomic E-state index is -0.659. The molecule has 6 rings (SSSR count). The molecule has 2 amide bonds. The zero-order chi connectivity index (χ0) is 24.3. The fraction of sp³-hybridized carbons (Fsp3) is 0.259. The summed E-state index contributed by atoms with van der Waals surface area (Å²) < 4.78 is 6.12. The Morgan fingerprint density at radius 3 is 2.17 bits per heavy atom. The molecule has 178 valence electrons. The van der Waals surface area contributed by atoms with Gasteiger partial charge in [-0.05, 0) is 19.1 Å². The van der Waals surface area contributed by atoms with Gasteiger partial charge in [0, 0.05) is 51.5 Å². The first kappa shape index (κ1) is 21.8. The standard InChI is InChI=1S/C27H25N3O5/c1-13-21(16-6-2-4-8-18(16)28-13)23-24(27(34)30-26(23)33)22-17-7-3-5-9-19(17)29-25(22)20-11-14(32)10-15(12-31)35-20/h2-9,14-15,20,28-29,31-32H,10-12H2,1H3,(H,30,33,34)/t14-,15+,20-/m1/s1. The minimum Gasteiger partial charge on any atom is -0.394 e. The van der Waals surface area contributed by atoms with Crippen molar-refractivity contribution in [2.75, 3.05) is 6.61 Å². The molecule has 0 unspecified atom stereocenters. The summed E-state index contributed by atoms with van der Waals surface area (Å²) in [6.45, 7) is 1.67. The van der Waals surface area contributed by atoms with Crippen molar-refractivity contribution in [3.63, 3.8) is 0 Å². The number of aromatic nitrogens is 2. The van der Waals surface area contributed by atoms with E-state index < -0.39 is 30.1 Å². The molecule has 8 heteroatoms. The molecule has 0 bridgehead atoms. The SMILES string of the molecule is Cc1[nH]c2ccccc2c1C1=C(c2c([C@H]3C[C@H](O)C[C@@H](CO)O3)[nH]c3ccccc23)C(=O)NC1=O. The minimum absolute atomic E-state index is 0.218. The number of aliphatic hydroxyl groups is 2. The number of benzene rings is 2. The summed E-state index contributed by atoms with van der Waals surface area (Å²) in [4.78, 5) is 33.3. The van der Waals surface area contributed by atoms with E-state index >= 15 is 0 Å². The molecule has 0 radical (unpaired) electrons. The quantitative estimate of drug-likeness (QED) is 0.292. The molecule has 0 spiro atoms. The monoisotopic (exact) mass is 471 g/mol. The lowest BCUT2D eigenvalue weighted by atomic mass is 9.90. The van der Waals surface area contributed by atoms with Crippen LogP contribution in [-0.4, -0.2) is 50.8 Å². The Kier molecular flexibility index (Phi) is 5.10.